The van der Waals surface area contributed by atoms with Crippen LogP contribution in [0.2, 0.25) is 0 Å². The van der Waals surface area contributed by atoms with E-state index in [1.807, 2.05) is 30.3 Å². The number of nitrogens with zero attached hydrogens (tertiary/aromatic N) is 2. The van der Waals surface area contributed by atoms with E-state index in [1.165, 1.54) is 12.3 Å². The van der Waals surface area contributed by atoms with Gasteiger partial charge in [0, 0.05) is 11.9 Å². The first-order valence-corrected chi connectivity index (χ1v) is 6.74. The third kappa shape index (κ3) is 5.17. The van der Waals surface area contributed by atoms with Crippen molar-refractivity contribution in [1.82, 2.24) is 4.98 Å². The topological polar surface area (TPSA) is 72.5 Å². The number of anilines is 1. The van der Waals surface area contributed by atoms with E-state index in [4.69, 9.17) is 10.5 Å². The molecule has 0 aliphatic heterocycles. The maximum Gasteiger partial charge on any atom is 0.421 e. The van der Waals surface area contributed by atoms with E-state index < -0.39 is 17.6 Å². The smallest absolute Gasteiger partial charge is 0.421 e. The van der Waals surface area contributed by atoms with Gasteiger partial charge in [0.15, 0.2) is 5.96 Å². The monoisotopic (exact) mass is 324 g/mol. The maximum atomic E-state index is 12.8. The minimum absolute atomic E-state index is 0.0722. The quantitative estimate of drug-likeness (QED) is 0.504. The Hall–Kier alpha value is -2.77. The third-order valence-corrected chi connectivity index (χ3v) is 2.73. The number of hydrogen-bond acceptors (Lipinski definition) is 3. The second-order valence-electron chi connectivity index (χ2n) is 4.46. The molecule has 1 aromatic heterocycles. The fraction of sp³-hybridized carbons (Fsp3) is 0.200. The molecule has 122 valence electrons. The number of aromatic nitrogens is 1. The summed E-state index contributed by atoms with van der Waals surface area (Å²) in [4.78, 5) is 7.57. The van der Waals surface area contributed by atoms with Crippen LogP contribution in [0.5, 0.6) is 5.88 Å². The number of halogens is 3. The Morgan fingerprint density at radius 2 is 1.91 bits per heavy atom. The summed E-state index contributed by atoms with van der Waals surface area (Å²) in [5.74, 6) is -0.318. The Kier molecular flexibility index (Phi) is 5.40. The van der Waals surface area contributed by atoms with Crippen LogP contribution in [0.15, 0.2) is 53.7 Å². The zero-order valence-electron chi connectivity index (χ0n) is 12.0. The summed E-state index contributed by atoms with van der Waals surface area (Å²) in [6.07, 6.45) is -3.28. The van der Waals surface area contributed by atoms with Crippen LogP contribution in [-0.4, -0.2) is 24.1 Å². The number of rotatable bonds is 5. The Morgan fingerprint density at radius 1 is 1.17 bits per heavy atom. The van der Waals surface area contributed by atoms with Gasteiger partial charge >= 0.3 is 6.18 Å². The van der Waals surface area contributed by atoms with Gasteiger partial charge < -0.3 is 15.8 Å². The van der Waals surface area contributed by atoms with Crippen molar-refractivity contribution in [1.29, 1.82) is 0 Å². The van der Waals surface area contributed by atoms with Crippen LogP contribution >= 0.6 is 0 Å². The molecule has 0 unspecified atom stereocenters. The number of hydrogen-bond donors (Lipinski definition) is 2. The third-order valence-electron chi connectivity index (χ3n) is 2.73. The van der Waals surface area contributed by atoms with E-state index in [0.29, 0.717) is 0 Å². The summed E-state index contributed by atoms with van der Waals surface area (Å²) >= 11 is 0. The Bertz CT molecular complexity index is 659. The number of pyridine rings is 1. The summed E-state index contributed by atoms with van der Waals surface area (Å²) in [5, 5.41) is 2.85. The molecule has 2 aromatic rings. The number of alkyl halides is 3. The molecule has 0 fully saturated rings. The van der Waals surface area contributed by atoms with Crippen molar-refractivity contribution in [3.05, 3.63) is 54.2 Å². The van der Waals surface area contributed by atoms with E-state index in [1.54, 1.807) is 0 Å². The van der Waals surface area contributed by atoms with E-state index in [9.17, 15) is 13.2 Å². The lowest BCUT2D eigenvalue weighted by atomic mass is 10.2. The highest BCUT2D eigenvalue weighted by atomic mass is 19.4. The van der Waals surface area contributed by atoms with Crippen molar-refractivity contribution >= 4 is 11.6 Å². The predicted molar refractivity (Wildman–Crippen MR) is 81.3 cm³/mol. The molecule has 3 N–H and O–H groups in total. The summed E-state index contributed by atoms with van der Waals surface area (Å²) in [6.45, 7) is 0.0246. The molecule has 0 saturated heterocycles. The first-order valence-electron chi connectivity index (χ1n) is 6.74. The van der Waals surface area contributed by atoms with Crippen LogP contribution in [0.25, 0.3) is 0 Å². The molecular weight excluding hydrogens is 309 g/mol. The van der Waals surface area contributed by atoms with E-state index in [-0.39, 0.29) is 19.1 Å². The number of ether oxygens (including phenoxy) is 1. The highest BCUT2D eigenvalue weighted by Crippen LogP contribution is 2.34. The lowest BCUT2D eigenvalue weighted by Gasteiger charge is -2.11. The van der Waals surface area contributed by atoms with Gasteiger partial charge in [-0.25, -0.2) is 9.98 Å². The molecule has 1 aromatic carbocycles. The number of aliphatic imine (C=N–C) groups is 1. The molecule has 0 radical (unpaired) electrons. The van der Waals surface area contributed by atoms with Crippen molar-refractivity contribution in [2.75, 3.05) is 18.5 Å². The van der Waals surface area contributed by atoms with Gasteiger partial charge in [-0.05, 0) is 24.3 Å². The van der Waals surface area contributed by atoms with E-state index in [0.717, 1.165) is 11.8 Å². The molecule has 8 heteroatoms. The first-order chi connectivity index (χ1) is 11.0. The molecule has 0 atom stereocenters. The number of benzene rings is 1. The summed E-state index contributed by atoms with van der Waals surface area (Å²) in [5.41, 5.74) is 5.52. The van der Waals surface area contributed by atoms with Gasteiger partial charge in [-0.3, -0.25) is 0 Å². The molecule has 5 nitrogen and oxygen atoms in total. The number of guanidine groups is 1. The van der Waals surface area contributed by atoms with Gasteiger partial charge in [-0.15, -0.1) is 0 Å². The summed E-state index contributed by atoms with van der Waals surface area (Å²) in [7, 11) is 0. The van der Waals surface area contributed by atoms with Crippen molar-refractivity contribution in [2.45, 2.75) is 6.18 Å². The summed E-state index contributed by atoms with van der Waals surface area (Å²) < 4.78 is 43.3. The van der Waals surface area contributed by atoms with Crippen LogP contribution < -0.4 is 15.8 Å². The van der Waals surface area contributed by atoms with E-state index in [2.05, 4.69) is 15.3 Å². The van der Waals surface area contributed by atoms with Gasteiger partial charge in [-0.1, -0.05) is 18.2 Å². The first kappa shape index (κ1) is 16.6. The number of nitrogens with two attached hydrogens (primary N) is 1. The van der Waals surface area contributed by atoms with Crippen LogP contribution in [0, 0.1) is 0 Å². The standard InChI is InChI=1S/C15H15F3N4O/c16-15(17,18)12-7-4-8-20-13(12)23-10-9-21-14(19)22-11-5-2-1-3-6-11/h1-8H,9-10H2,(H3,19,21,22). The molecule has 1 heterocycles. The molecule has 2 rings (SSSR count). The molecular formula is C15H15F3N4O. The zero-order chi connectivity index (χ0) is 16.7. The number of nitrogens with one attached hydrogen (secondary N) is 1. The predicted octanol–water partition coefficient (Wildman–Crippen LogP) is 2.91. The second-order valence-corrected chi connectivity index (χ2v) is 4.46. The molecule has 23 heavy (non-hydrogen) atoms. The molecule has 0 aliphatic rings. The highest BCUT2D eigenvalue weighted by Gasteiger charge is 2.34. The van der Waals surface area contributed by atoms with Crippen LogP contribution in [0.3, 0.4) is 0 Å². The second kappa shape index (κ2) is 7.48. The Balaban J connectivity index is 1.87. The largest absolute Gasteiger partial charge is 0.475 e. The van der Waals surface area contributed by atoms with Crippen molar-refractivity contribution in [3.8, 4) is 5.88 Å². The average Bonchev–Trinajstić information content (AvgIpc) is 2.52. The minimum Gasteiger partial charge on any atom is -0.475 e. The van der Waals surface area contributed by atoms with Crippen molar-refractivity contribution in [3.63, 3.8) is 0 Å². The lowest BCUT2D eigenvalue weighted by molar-refractivity contribution is -0.139. The molecule has 0 saturated carbocycles. The van der Waals surface area contributed by atoms with Crippen LogP contribution in [-0.2, 0) is 6.18 Å². The zero-order valence-corrected chi connectivity index (χ0v) is 12.0. The summed E-state index contributed by atoms with van der Waals surface area (Å²) in [6, 6.07) is 11.3. The van der Waals surface area contributed by atoms with Crippen molar-refractivity contribution in [2.24, 2.45) is 10.7 Å². The lowest BCUT2D eigenvalue weighted by Crippen LogP contribution is -2.23. The van der Waals surface area contributed by atoms with Crippen LogP contribution in [0.1, 0.15) is 5.56 Å². The fourth-order valence-electron chi connectivity index (χ4n) is 1.74. The molecule has 0 bridgehead atoms. The van der Waals surface area contributed by atoms with Gasteiger partial charge in [0.1, 0.15) is 12.2 Å². The molecule has 0 aliphatic carbocycles. The fourth-order valence-corrected chi connectivity index (χ4v) is 1.74. The highest BCUT2D eigenvalue weighted by molar-refractivity contribution is 5.92. The maximum absolute atomic E-state index is 12.8. The van der Waals surface area contributed by atoms with Crippen LogP contribution in [0.4, 0.5) is 18.9 Å². The minimum atomic E-state index is -4.51. The Morgan fingerprint density at radius 3 is 2.61 bits per heavy atom. The van der Waals surface area contributed by atoms with E-state index >= 15 is 0 Å². The molecule has 0 spiro atoms. The normalized spacial score (nSPS) is 12.0. The Labute approximate surface area is 131 Å². The van der Waals surface area contributed by atoms with Gasteiger partial charge in [-0.2, -0.15) is 13.2 Å². The van der Waals surface area contributed by atoms with Gasteiger partial charge in [0.25, 0.3) is 0 Å². The van der Waals surface area contributed by atoms with Gasteiger partial charge in [0.2, 0.25) is 5.88 Å². The van der Waals surface area contributed by atoms with Gasteiger partial charge in [0.05, 0.1) is 6.54 Å². The SMILES string of the molecule is NC(=NCCOc1ncccc1C(F)(F)F)Nc1ccccc1. The number of para-hydroxylation sites is 1. The molecule has 0 amide bonds. The van der Waals surface area contributed by atoms with Crippen molar-refractivity contribution < 1.29 is 17.9 Å². The average molecular weight is 324 g/mol.